The molecule has 2 fully saturated rings. The molecule has 2 aliphatic heterocycles. The van der Waals surface area contributed by atoms with Crippen molar-refractivity contribution in [1.29, 1.82) is 0 Å². The first-order valence-corrected chi connectivity index (χ1v) is 8.78. The Hall–Kier alpha value is -1.75. The Bertz CT molecular complexity index is 655. The van der Waals surface area contributed by atoms with Crippen molar-refractivity contribution in [2.45, 2.75) is 39.0 Å². The molecule has 1 atom stereocenters. The maximum absolute atomic E-state index is 12.3. The average Bonchev–Trinajstić information content (AvgIpc) is 3.18. The summed E-state index contributed by atoms with van der Waals surface area (Å²) in [6.07, 6.45) is 4.49. The van der Waals surface area contributed by atoms with Crippen molar-refractivity contribution in [3.63, 3.8) is 0 Å². The molecule has 0 spiro atoms. The van der Waals surface area contributed by atoms with Gasteiger partial charge in [-0.25, -0.2) is 0 Å². The van der Waals surface area contributed by atoms with Gasteiger partial charge in [-0.3, -0.25) is 4.79 Å². The fourth-order valence-electron chi connectivity index (χ4n) is 3.97. The van der Waals surface area contributed by atoms with E-state index in [0.29, 0.717) is 19.8 Å². The highest BCUT2D eigenvalue weighted by Gasteiger charge is 2.46. The van der Waals surface area contributed by atoms with Gasteiger partial charge >= 0.3 is 0 Å². The molecule has 5 heteroatoms. The van der Waals surface area contributed by atoms with E-state index in [4.69, 9.17) is 9.47 Å². The summed E-state index contributed by atoms with van der Waals surface area (Å²) in [7, 11) is 0. The smallest absolute Gasteiger partial charge is 0.231 e. The zero-order valence-electron chi connectivity index (χ0n) is 14.2. The number of hydrogen-bond donors (Lipinski definition) is 1. The molecule has 1 aromatic carbocycles. The van der Waals surface area contributed by atoms with Crippen LogP contribution in [0, 0.1) is 10.8 Å². The Kier molecular flexibility index (Phi) is 3.71. The number of aliphatic hydroxyl groups excluding tert-OH is 1. The van der Waals surface area contributed by atoms with Crippen LogP contribution < -0.4 is 9.47 Å². The summed E-state index contributed by atoms with van der Waals surface area (Å²) in [6, 6.07) is 6.12. The third-order valence-electron chi connectivity index (χ3n) is 5.75. The van der Waals surface area contributed by atoms with Crippen LogP contribution >= 0.6 is 0 Å². The molecule has 1 aromatic rings. The molecule has 1 N–H and O–H groups in total. The Morgan fingerprint density at radius 2 is 2.00 bits per heavy atom. The van der Waals surface area contributed by atoms with Gasteiger partial charge in [0, 0.05) is 24.9 Å². The van der Waals surface area contributed by atoms with E-state index in [-0.39, 0.29) is 23.3 Å². The standard InChI is InChI=1S/C19H25NO4/c1-18(9-14-2-3-15-16(8-14)24-13-23-15)5-4-17(22)20(10-18)11-19(12-21)6-7-19/h2-3,8,21H,4-7,9-13H2,1H3/t18-/m0/s1. The van der Waals surface area contributed by atoms with Crippen LogP contribution in [0.2, 0.25) is 0 Å². The Morgan fingerprint density at radius 3 is 2.75 bits per heavy atom. The summed E-state index contributed by atoms with van der Waals surface area (Å²) in [5, 5.41) is 9.56. The molecule has 1 amide bonds. The van der Waals surface area contributed by atoms with E-state index >= 15 is 0 Å². The number of hydrogen-bond acceptors (Lipinski definition) is 4. The number of nitrogens with zero attached hydrogens (tertiary/aromatic N) is 1. The monoisotopic (exact) mass is 331 g/mol. The number of benzene rings is 1. The topological polar surface area (TPSA) is 59.0 Å². The summed E-state index contributed by atoms with van der Waals surface area (Å²) in [4.78, 5) is 14.3. The van der Waals surface area contributed by atoms with Gasteiger partial charge in [0.15, 0.2) is 11.5 Å². The Morgan fingerprint density at radius 1 is 1.21 bits per heavy atom. The summed E-state index contributed by atoms with van der Waals surface area (Å²) in [5.41, 5.74) is 1.26. The quantitative estimate of drug-likeness (QED) is 0.900. The zero-order chi connectivity index (χ0) is 16.8. The van der Waals surface area contributed by atoms with E-state index in [2.05, 4.69) is 19.1 Å². The Balaban J connectivity index is 1.46. The van der Waals surface area contributed by atoms with Gasteiger partial charge in [-0.05, 0) is 48.8 Å². The number of carbonyl (C=O) groups is 1. The van der Waals surface area contributed by atoms with E-state index in [1.807, 2.05) is 11.0 Å². The van der Waals surface area contributed by atoms with Gasteiger partial charge in [-0.1, -0.05) is 13.0 Å². The molecule has 0 radical (unpaired) electrons. The molecule has 24 heavy (non-hydrogen) atoms. The molecule has 0 aromatic heterocycles. The lowest BCUT2D eigenvalue weighted by molar-refractivity contribution is -0.138. The highest BCUT2D eigenvalue weighted by atomic mass is 16.7. The predicted molar refractivity (Wildman–Crippen MR) is 88.9 cm³/mol. The van der Waals surface area contributed by atoms with Gasteiger partial charge < -0.3 is 19.5 Å². The van der Waals surface area contributed by atoms with E-state index < -0.39 is 0 Å². The minimum absolute atomic E-state index is 0.0212. The minimum atomic E-state index is -0.0212. The van der Waals surface area contributed by atoms with E-state index in [1.54, 1.807) is 0 Å². The molecular weight excluding hydrogens is 306 g/mol. The first-order valence-electron chi connectivity index (χ1n) is 8.78. The fraction of sp³-hybridized carbons (Fsp3) is 0.632. The molecule has 0 unspecified atom stereocenters. The Labute approximate surface area is 142 Å². The second-order valence-corrected chi connectivity index (χ2v) is 8.08. The van der Waals surface area contributed by atoms with Crippen molar-refractivity contribution in [2.75, 3.05) is 26.5 Å². The van der Waals surface area contributed by atoms with Crippen molar-refractivity contribution in [2.24, 2.45) is 10.8 Å². The van der Waals surface area contributed by atoms with Crippen LogP contribution in [-0.4, -0.2) is 42.4 Å². The van der Waals surface area contributed by atoms with Crippen molar-refractivity contribution >= 4 is 5.91 Å². The number of amides is 1. The SMILES string of the molecule is C[C@@]1(Cc2ccc3c(c2)OCO3)CCC(=O)N(CC2(CO)CC2)C1. The second-order valence-electron chi connectivity index (χ2n) is 8.08. The van der Waals surface area contributed by atoms with Crippen molar-refractivity contribution < 1.29 is 19.4 Å². The van der Waals surface area contributed by atoms with Gasteiger partial charge in [-0.2, -0.15) is 0 Å². The maximum atomic E-state index is 12.3. The van der Waals surface area contributed by atoms with Crippen LogP contribution in [0.5, 0.6) is 11.5 Å². The highest BCUT2D eigenvalue weighted by molar-refractivity contribution is 5.77. The number of ether oxygens (including phenoxy) is 2. The first-order chi connectivity index (χ1) is 11.5. The van der Waals surface area contributed by atoms with Gasteiger partial charge in [0.05, 0.1) is 6.61 Å². The lowest BCUT2D eigenvalue weighted by atomic mass is 9.76. The molecule has 2 heterocycles. The van der Waals surface area contributed by atoms with Crippen LogP contribution in [0.25, 0.3) is 0 Å². The molecule has 3 aliphatic rings. The van der Waals surface area contributed by atoms with Crippen LogP contribution in [0.1, 0.15) is 38.2 Å². The van der Waals surface area contributed by atoms with Crippen LogP contribution in [-0.2, 0) is 11.2 Å². The third-order valence-corrected chi connectivity index (χ3v) is 5.75. The van der Waals surface area contributed by atoms with Crippen molar-refractivity contribution in [3.05, 3.63) is 23.8 Å². The first kappa shape index (κ1) is 15.8. The van der Waals surface area contributed by atoms with E-state index in [0.717, 1.165) is 43.7 Å². The molecule has 0 bridgehead atoms. The summed E-state index contributed by atoms with van der Waals surface area (Å²) in [6.45, 7) is 4.22. The fourth-order valence-corrected chi connectivity index (χ4v) is 3.97. The van der Waals surface area contributed by atoms with E-state index in [9.17, 15) is 9.90 Å². The zero-order valence-corrected chi connectivity index (χ0v) is 14.2. The largest absolute Gasteiger partial charge is 0.454 e. The number of carbonyl (C=O) groups excluding carboxylic acids is 1. The normalized spacial score (nSPS) is 27.4. The number of piperidine rings is 1. The molecule has 5 nitrogen and oxygen atoms in total. The van der Waals surface area contributed by atoms with Crippen LogP contribution in [0.3, 0.4) is 0 Å². The second kappa shape index (κ2) is 5.66. The maximum Gasteiger partial charge on any atom is 0.231 e. The highest BCUT2D eigenvalue weighted by Crippen LogP contribution is 2.47. The molecule has 1 aliphatic carbocycles. The van der Waals surface area contributed by atoms with Crippen molar-refractivity contribution in [3.8, 4) is 11.5 Å². The molecular formula is C19H25NO4. The van der Waals surface area contributed by atoms with Crippen molar-refractivity contribution in [1.82, 2.24) is 4.90 Å². The minimum Gasteiger partial charge on any atom is -0.454 e. The number of rotatable bonds is 5. The summed E-state index contributed by atoms with van der Waals surface area (Å²) >= 11 is 0. The summed E-state index contributed by atoms with van der Waals surface area (Å²) < 4.78 is 10.8. The molecule has 4 rings (SSSR count). The van der Waals surface area contributed by atoms with Crippen LogP contribution in [0.15, 0.2) is 18.2 Å². The van der Waals surface area contributed by atoms with Gasteiger partial charge in [0.1, 0.15) is 0 Å². The van der Waals surface area contributed by atoms with E-state index in [1.165, 1.54) is 5.56 Å². The number of fused-ring (bicyclic) bond motifs is 1. The lowest BCUT2D eigenvalue weighted by Gasteiger charge is -2.41. The number of likely N-dealkylation sites (tertiary alicyclic amines) is 1. The van der Waals surface area contributed by atoms with Gasteiger partial charge in [-0.15, -0.1) is 0 Å². The van der Waals surface area contributed by atoms with Gasteiger partial charge in [0.25, 0.3) is 0 Å². The molecule has 1 saturated carbocycles. The molecule has 1 saturated heterocycles. The average molecular weight is 331 g/mol. The predicted octanol–water partition coefficient (Wildman–Crippen LogP) is 2.36. The summed E-state index contributed by atoms with van der Waals surface area (Å²) in [5.74, 6) is 1.86. The number of aliphatic hydroxyl groups is 1. The van der Waals surface area contributed by atoms with Crippen LogP contribution in [0.4, 0.5) is 0 Å². The molecule has 130 valence electrons. The van der Waals surface area contributed by atoms with Gasteiger partial charge in [0.2, 0.25) is 12.7 Å². The third kappa shape index (κ3) is 2.97. The lowest BCUT2D eigenvalue weighted by Crippen LogP contribution is -2.48.